The van der Waals surface area contributed by atoms with Crippen LogP contribution in [-0.2, 0) is 6.18 Å². The van der Waals surface area contributed by atoms with Gasteiger partial charge in [0.25, 0.3) is 0 Å². The number of benzene rings is 2. The molecule has 0 spiro atoms. The van der Waals surface area contributed by atoms with Crippen molar-refractivity contribution in [2.45, 2.75) is 13.1 Å². The van der Waals surface area contributed by atoms with E-state index in [0.29, 0.717) is 11.5 Å². The lowest BCUT2D eigenvalue weighted by molar-refractivity contribution is -0.137. The van der Waals surface area contributed by atoms with Crippen LogP contribution < -0.4 is 10.6 Å². The van der Waals surface area contributed by atoms with E-state index in [1.54, 1.807) is 13.0 Å². The third-order valence-corrected chi connectivity index (χ3v) is 3.35. The molecule has 0 fully saturated rings. The van der Waals surface area contributed by atoms with Crippen molar-refractivity contribution < 1.29 is 13.2 Å². The van der Waals surface area contributed by atoms with E-state index in [9.17, 15) is 13.2 Å². The first-order valence-electron chi connectivity index (χ1n) is 7.52. The number of halogens is 3. The van der Waals surface area contributed by atoms with Gasteiger partial charge in [0.1, 0.15) is 5.82 Å². The number of nitrogens with one attached hydrogen (secondary N) is 2. The molecule has 7 heteroatoms. The first-order chi connectivity index (χ1) is 11.9. The van der Waals surface area contributed by atoms with Crippen LogP contribution >= 0.6 is 0 Å². The van der Waals surface area contributed by atoms with E-state index in [-0.39, 0.29) is 11.6 Å². The van der Waals surface area contributed by atoms with Crippen molar-refractivity contribution in [3.63, 3.8) is 0 Å². The fourth-order valence-electron chi connectivity index (χ4n) is 2.26. The molecule has 4 nitrogen and oxygen atoms in total. The van der Waals surface area contributed by atoms with Crippen molar-refractivity contribution >= 4 is 23.1 Å². The quantitative estimate of drug-likeness (QED) is 0.675. The Morgan fingerprint density at radius 2 is 1.52 bits per heavy atom. The van der Waals surface area contributed by atoms with Gasteiger partial charge in [-0.15, -0.1) is 0 Å². The van der Waals surface area contributed by atoms with Crippen LogP contribution in [0.4, 0.5) is 36.3 Å². The molecule has 0 atom stereocenters. The Hall–Kier alpha value is -3.09. The van der Waals surface area contributed by atoms with E-state index in [2.05, 4.69) is 20.6 Å². The molecule has 0 aliphatic carbocycles. The number of alkyl halides is 3. The standard InChI is InChI=1S/C18H15F3N4/c1-12-10-16(23-14-7-3-2-4-8-14)25-17(22-12)24-15-9-5-6-13(11-15)18(19,20)21/h2-11H,1H3,(H2,22,23,24,25). The zero-order valence-electron chi connectivity index (χ0n) is 13.3. The minimum Gasteiger partial charge on any atom is -0.340 e. The van der Waals surface area contributed by atoms with Crippen molar-refractivity contribution in [3.05, 3.63) is 71.9 Å². The van der Waals surface area contributed by atoms with E-state index in [1.807, 2.05) is 30.3 Å². The number of aryl methyl sites for hydroxylation is 1. The van der Waals surface area contributed by atoms with Crippen molar-refractivity contribution in [1.29, 1.82) is 0 Å². The van der Waals surface area contributed by atoms with Crippen LogP contribution in [0.5, 0.6) is 0 Å². The molecule has 0 radical (unpaired) electrons. The summed E-state index contributed by atoms with van der Waals surface area (Å²) >= 11 is 0. The Morgan fingerprint density at radius 1 is 0.800 bits per heavy atom. The molecule has 3 rings (SSSR count). The van der Waals surface area contributed by atoms with Gasteiger partial charge in [0.2, 0.25) is 5.95 Å². The molecule has 128 valence electrons. The molecule has 2 N–H and O–H groups in total. The lowest BCUT2D eigenvalue weighted by Crippen LogP contribution is -2.06. The maximum Gasteiger partial charge on any atom is 0.416 e. The lowest BCUT2D eigenvalue weighted by atomic mass is 10.2. The Kier molecular flexibility index (Phi) is 4.56. The van der Waals surface area contributed by atoms with Gasteiger partial charge in [-0.2, -0.15) is 18.2 Å². The van der Waals surface area contributed by atoms with Gasteiger partial charge in [-0.25, -0.2) is 4.98 Å². The minimum absolute atomic E-state index is 0.220. The summed E-state index contributed by atoms with van der Waals surface area (Å²) in [5, 5.41) is 5.96. The average Bonchev–Trinajstić information content (AvgIpc) is 2.54. The Balaban J connectivity index is 1.83. The SMILES string of the molecule is Cc1cc(Nc2ccccc2)nc(Nc2cccc(C(F)(F)F)c2)n1. The van der Waals surface area contributed by atoms with Crippen molar-refractivity contribution in [2.24, 2.45) is 0 Å². The van der Waals surface area contributed by atoms with Gasteiger partial charge in [-0.05, 0) is 37.3 Å². The minimum atomic E-state index is -4.40. The van der Waals surface area contributed by atoms with E-state index in [1.165, 1.54) is 12.1 Å². The number of nitrogens with zero attached hydrogens (tertiary/aromatic N) is 2. The summed E-state index contributed by atoms with van der Waals surface area (Å²) in [6.07, 6.45) is -4.40. The van der Waals surface area contributed by atoms with E-state index in [0.717, 1.165) is 17.8 Å². The molecule has 0 unspecified atom stereocenters. The second kappa shape index (κ2) is 6.80. The molecule has 25 heavy (non-hydrogen) atoms. The maximum atomic E-state index is 12.8. The van der Waals surface area contributed by atoms with Crippen LogP contribution in [0.2, 0.25) is 0 Å². The molecule has 2 aromatic carbocycles. The summed E-state index contributed by atoms with van der Waals surface area (Å²) in [6, 6.07) is 16.1. The molecule has 3 aromatic rings. The van der Waals surface area contributed by atoms with Crippen LogP contribution in [0, 0.1) is 6.92 Å². The first kappa shape index (κ1) is 16.8. The zero-order valence-corrected chi connectivity index (χ0v) is 13.3. The third kappa shape index (κ3) is 4.47. The number of aromatic nitrogens is 2. The van der Waals surface area contributed by atoms with Gasteiger partial charge >= 0.3 is 6.18 Å². The molecule has 0 aliphatic heterocycles. The lowest BCUT2D eigenvalue weighted by Gasteiger charge is -2.12. The number of para-hydroxylation sites is 1. The highest BCUT2D eigenvalue weighted by Gasteiger charge is 2.30. The monoisotopic (exact) mass is 344 g/mol. The van der Waals surface area contributed by atoms with E-state index in [4.69, 9.17) is 0 Å². The molecule has 1 aromatic heterocycles. The van der Waals surface area contributed by atoms with Gasteiger partial charge in [0, 0.05) is 23.1 Å². The molecule has 0 saturated heterocycles. The molecular weight excluding hydrogens is 329 g/mol. The van der Waals surface area contributed by atoms with Crippen LogP contribution in [0.25, 0.3) is 0 Å². The largest absolute Gasteiger partial charge is 0.416 e. The predicted octanol–water partition coefficient (Wildman–Crippen LogP) is 5.29. The zero-order chi connectivity index (χ0) is 17.9. The van der Waals surface area contributed by atoms with Crippen molar-refractivity contribution in [3.8, 4) is 0 Å². The molecule has 0 saturated carbocycles. The fourth-order valence-corrected chi connectivity index (χ4v) is 2.26. The highest BCUT2D eigenvalue weighted by molar-refractivity contribution is 5.60. The summed E-state index contributed by atoms with van der Waals surface area (Å²) in [6.45, 7) is 1.79. The van der Waals surface area contributed by atoms with Gasteiger partial charge < -0.3 is 10.6 Å². The molecule has 0 bridgehead atoms. The molecule has 0 aliphatic rings. The number of hydrogen-bond acceptors (Lipinski definition) is 4. The smallest absolute Gasteiger partial charge is 0.340 e. The summed E-state index contributed by atoms with van der Waals surface area (Å²) in [5.74, 6) is 0.769. The number of rotatable bonds is 4. The summed E-state index contributed by atoms with van der Waals surface area (Å²) < 4.78 is 38.4. The van der Waals surface area contributed by atoms with Crippen LogP contribution in [0.1, 0.15) is 11.3 Å². The van der Waals surface area contributed by atoms with Crippen molar-refractivity contribution in [2.75, 3.05) is 10.6 Å². The topological polar surface area (TPSA) is 49.8 Å². The highest BCUT2D eigenvalue weighted by atomic mass is 19.4. The summed E-state index contributed by atoms with van der Waals surface area (Å²) in [7, 11) is 0. The Labute approximate surface area is 142 Å². The predicted molar refractivity (Wildman–Crippen MR) is 91.2 cm³/mol. The molecule has 0 amide bonds. The second-order valence-electron chi connectivity index (χ2n) is 5.41. The third-order valence-electron chi connectivity index (χ3n) is 3.35. The maximum absolute atomic E-state index is 12.8. The average molecular weight is 344 g/mol. The van der Waals surface area contributed by atoms with Crippen molar-refractivity contribution in [1.82, 2.24) is 9.97 Å². The van der Waals surface area contributed by atoms with Crippen LogP contribution in [0.3, 0.4) is 0 Å². The van der Waals surface area contributed by atoms with E-state index >= 15 is 0 Å². The van der Waals surface area contributed by atoms with Crippen LogP contribution in [-0.4, -0.2) is 9.97 Å². The van der Waals surface area contributed by atoms with Gasteiger partial charge in [-0.1, -0.05) is 24.3 Å². The van der Waals surface area contributed by atoms with Crippen LogP contribution in [0.15, 0.2) is 60.7 Å². The summed E-state index contributed by atoms with van der Waals surface area (Å²) in [5.41, 5.74) is 1.08. The number of hydrogen-bond donors (Lipinski definition) is 2. The van der Waals surface area contributed by atoms with Gasteiger partial charge in [0.05, 0.1) is 5.56 Å². The highest BCUT2D eigenvalue weighted by Crippen LogP contribution is 2.31. The second-order valence-corrected chi connectivity index (χ2v) is 5.41. The van der Waals surface area contributed by atoms with Gasteiger partial charge in [0.15, 0.2) is 0 Å². The normalized spacial score (nSPS) is 11.2. The van der Waals surface area contributed by atoms with E-state index < -0.39 is 11.7 Å². The molecular formula is C18H15F3N4. The summed E-state index contributed by atoms with van der Waals surface area (Å²) in [4.78, 5) is 8.52. The Bertz CT molecular complexity index is 864. The molecule has 1 heterocycles. The number of anilines is 4. The fraction of sp³-hybridized carbons (Fsp3) is 0.111. The Morgan fingerprint density at radius 3 is 2.24 bits per heavy atom. The van der Waals surface area contributed by atoms with Gasteiger partial charge in [-0.3, -0.25) is 0 Å². The first-order valence-corrected chi connectivity index (χ1v) is 7.52.